The Bertz CT molecular complexity index is 850. The van der Waals surface area contributed by atoms with Crippen LogP contribution in [0.1, 0.15) is 17.2 Å². The zero-order valence-corrected chi connectivity index (χ0v) is 14.6. The van der Waals surface area contributed by atoms with Crippen molar-refractivity contribution >= 4 is 0 Å². The van der Waals surface area contributed by atoms with Crippen LogP contribution in [0, 0.1) is 5.82 Å². The van der Waals surface area contributed by atoms with Gasteiger partial charge in [-0.1, -0.05) is 48.5 Å². The molecule has 0 amide bonds. The fourth-order valence-electron chi connectivity index (χ4n) is 2.97. The van der Waals surface area contributed by atoms with E-state index in [2.05, 4.69) is 0 Å². The molecule has 0 aliphatic rings. The Balaban J connectivity index is 1.72. The lowest BCUT2D eigenvalue weighted by Gasteiger charge is -2.21. The van der Waals surface area contributed by atoms with Crippen LogP contribution in [0.25, 0.3) is 11.1 Å². The molecule has 0 saturated heterocycles. The van der Waals surface area contributed by atoms with E-state index in [0.29, 0.717) is 13.1 Å². The number of phenolic OH excluding ortho intramolecular Hbond substituents is 1. The van der Waals surface area contributed by atoms with Gasteiger partial charge in [0.15, 0.2) is 0 Å². The van der Waals surface area contributed by atoms with Gasteiger partial charge in [0.1, 0.15) is 11.6 Å². The van der Waals surface area contributed by atoms with Crippen LogP contribution in [0.15, 0.2) is 72.8 Å². The summed E-state index contributed by atoms with van der Waals surface area (Å²) in [4.78, 5) is 1.96. The highest BCUT2D eigenvalue weighted by atomic mass is 19.1. The first kappa shape index (κ1) is 18.1. The van der Waals surface area contributed by atoms with Crippen molar-refractivity contribution in [1.82, 2.24) is 4.90 Å². The lowest BCUT2D eigenvalue weighted by atomic mass is 10.0. The van der Waals surface area contributed by atoms with Crippen LogP contribution in [0.2, 0.25) is 0 Å². The Kier molecular flexibility index (Phi) is 5.66. The zero-order chi connectivity index (χ0) is 18.5. The van der Waals surface area contributed by atoms with E-state index in [-0.39, 0.29) is 11.6 Å². The van der Waals surface area contributed by atoms with E-state index in [1.165, 1.54) is 12.1 Å². The van der Waals surface area contributed by atoms with Crippen LogP contribution >= 0.6 is 0 Å². The molecule has 3 aromatic carbocycles. The van der Waals surface area contributed by atoms with Crippen molar-refractivity contribution in [2.75, 3.05) is 13.6 Å². The van der Waals surface area contributed by atoms with E-state index >= 15 is 0 Å². The molecule has 0 aliphatic carbocycles. The minimum Gasteiger partial charge on any atom is -0.508 e. The maximum absolute atomic E-state index is 13.1. The predicted octanol–water partition coefficient (Wildman–Crippen LogP) is 4.36. The maximum Gasteiger partial charge on any atom is 0.123 e. The minimum absolute atomic E-state index is 0.205. The summed E-state index contributed by atoms with van der Waals surface area (Å²) in [6, 6.07) is 21.1. The number of likely N-dealkylation sites (N-methyl/N-ethyl adjacent to an activating group) is 1. The number of phenols is 1. The summed E-state index contributed by atoms with van der Waals surface area (Å²) in [7, 11) is 1.90. The fourth-order valence-corrected chi connectivity index (χ4v) is 2.97. The third-order valence-electron chi connectivity index (χ3n) is 4.37. The van der Waals surface area contributed by atoms with Crippen LogP contribution < -0.4 is 0 Å². The van der Waals surface area contributed by atoms with E-state index in [1.54, 1.807) is 18.2 Å². The molecule has 0 fully saturated rings. The minimum atomic E-state index is -0.594. The smallest absolute Gasteiger partial charge is 0.123 e. The standard InChI is InChI=1S/C22H22FNO2/c1-24(15-22(26)17-5-3-2-4-6-17)14-19-13-18(9-12-21(19)25)16-7-10-20(23)11-8-16/h2-13,22,25-26H,14-15H2,1H3. The van der Waals surface area contributed by atoms with Crippen LogP contribution in [-0.4, -0.2) is 28.7 Å². The second-order valence-corrected chi connectivity index (χ2v) is 6.47. The topological polar surface area (TPSA) is 43.7 Å². The van der Waals surface area contributed by atoms with Crippen molar-refractivity contribution in [3.8, 4) is 16.9 Å². The Morgan fingerprint density at radius 3 is 2.27 bits per heavy atom. The number of hydrogen-bond acceptors (Lipinski definition) is 3. The summed E-state index contributed by atoms with van der Waals surface area (Å²) >= 11 is 0. The highest BCUT2D eigenvalue weighted by molar-refractivity contribution is 5.65. The molecule has 0 heterocycles. The van der Waals surface area contributed by atoms with Crippen molar-refractivity contribution < 1.29 is 14.6 Å². The first-order valence-electron chi connectivity index (χ1n) is 8.52. The Labute approximate surface area is 153 Å². The number of halogens is 1. The first-order valence-corrected chi connectivity index (χ1v) is 8.52. The zero-order valence-electron chi connectivity index (χ0n) is 14.6. The van der Waals surface area contributed by atoms with Gasteiger partial charge in [0.25, 0.3) is 0 Å². The van der Waals surface area contributed by atoms with Gasteiger partial charge >= 0.3 is 0 Å². The average molecular weight is 351 g/mol. The lowest BCUT2D eigenvalue weighted by molar-refractivity contribution is 0.123. The van der Waals surface area contributed by atoms with E-state index in [4.69, 9.17) is 0 Å². The Hall–Kier alpha value is -2.69. The van der Waals surface area contributed by atoms with Crippen molar-refractivity contribution in [2.45, 2.75) is 12.6 Å². The van der Waals surface area contributed by atoms with Gasteiger partial charge in [0, 0.05) is 18.7 Å². The maximum atomic E-state index is 13.1. The largest absolute Gasteiger partial charge is 0.508 e. The highest BCUT2D eigenvalue weighted by Gasteiger charge is 2.13. The monoisotopic (exact) mass is 351 g/mol. The Morgan fingerprint density at radius 2 is 1.58 bits per heavy atom. The van der Waals surface area contributed by atoms with Gasteiger partial charge in [-0.05, 0) is 48.0 Å². The summed E-state index contributed by atoms with van der Waals surface area (Å²) < 4.78 is 13.1. The number of aliphatic hydroxyl groups is 1. The Morgan fingerprint density at radius 1 is 0.923 bits per heavy atom. The van der Waals surface area contributed by atoms with E-state index in [1.807, 2.05) is 54.4 Å². The van der Waals surface area contributed by atoms with Gasteiger partial charge in [0.05, 0.1) is 6.10 Å². The fraction of sp³-hybridized carbons (Fsp3) is 0.182. The van der Waals surface area contributed by atoms with Gasteiger partial charge in [-0.3, -0.25) is 4.90 Å². The highest BCUT2D eigenvalue weighted by Crippen LogP contribution is 2.27. The molecular formula is C22H22FNO2. The summed E-state index contributed by atoms with van der Waals surface area (Å²) in [5, 5.41) is 20.5. The second-order valence-electron chi connectivity index (χ2n) is 6.47. The van der Waals surface area contributed by atoms with Gasteiger partial charge in [-0.25, -0.2) is 4.39 Å². The molecule has 0 bridgehead atoms. The lowest BCUT2D eigenvalue weighted by Crippen LogP contribution is -2.24. The molecule has 4 heteroatoms. The van der Waals surface area contributed by atoms with Crippen molar-refractivity contribution in [1.29, 1.82) is 0 Å². The summed E-state index contributed by atoms with van der Waals surface area (Å²) in [5.41, 5.74) is 3.42. The molecule has 2 N–H and O–H groups in total. The summed E-state index contributed by atoms with van der Waals surface area (Å²) in [5.74, 6) is -0.0701. The number of rotatable bonds is 6. The van der Waals surface area contributed by atoms with Crippen molar-refractivity contribution in [3.05, 3.63) is 89.7 Å². The van der Waals surface area contributed by atoms with Gasteiger partial charge in [-0.15, -0.1) is 0 Å². The van der Waals surface area contributed by atoms with Crippen LogP contribution in [0.5, 0.6) is 5.75 Å². The second kappa shape index (κ2) is 8.13. The third kappa shape index (κ3) is 4.48. The average Bonchev–Trinajstić information content (AvgIpc) is 2.65. The number of aromatic hydroxyl groups is 1. The molecule has 0 spiro atoms. The number of nitrogens with zero attached hydrogens (tertiary/aromatic N) is 1. The van der Waals surface area contributed by atoms with Gasteiger partial charge in [-0.2, -0.15) is 0 Å². The first-order chi connectivity index (χ1) is 12.5. The molecular weight excluding hydrogens is 329 g/mol. The van der Waals surface area contributed by atoms with E-state index in [9.17, 15) is 14.6 Å². The van der Waals surface area contributed by atoms with Gasteiger partial charge in [0.2, 0.25) is 0 Å². The number of hydrogen-bond donors (Lipinski definition) is 2. The molecule has 3 nitrogen and oxygen atoms in total. The molecule has 0 aliphatic heterocycles. The van der Waals surface area contributed by atoms with E-state index in [0.717, 1.165) is 22.3 Å². The third-order valence-corrected chi connectivity index (χ3v) is 4.37. The summed E-state index contributed by atoms with van der Waals surface area (Å²) in [6.45, 7) is 0.939. The molecule has 0 saturated carbocycles. The molecule has 0 aromatic heterocycles. The molecule has 3 rings (SSSR count). The molecule has 134 valence electrons. The molecule has 3 aromatic rings. The molecule has 0 radical (unpaired) electrons. The van der Waals surface area contributed by atoms with Crippen LogP contribution in [0.3, 0.4) is 0 Å². The van der Waals surface area contributed by atoms with Crippen LogP contribution in [0.4, 0.5) is 4.39 Å². The van der Waals surface area contributed by atoms with Crippen molar-refractivity contribution in [2.24, 2.45) is 0 Å². The molecule has 26 heavy (non-hydrogen) atoms. The molecule has 1 unspecified atom stereocenters. The molecule has 1 atom stereocenters. The predicted molar refractivity (Wildman–Crippen MR) is 101 cm³/mol. The quantitative estimate of drug-likeness (QED) is 0.693. The van der Waals surface area contributed by atoms with E-state index < -0.39 is 6.10 Å². The van der Waals surface area contributed by atoms with Gasteiger partial charge < -0.3 is 10.2 Å². The number of benzene rings is 3. The summed E-state index contributed by atoms with van der Waals surface area (Å²) in [6.07, 6.45) is -0.594. The number of aliphatic hydroxyl groups excluding tert-OH is 1. The normalized spacial score (nSPS) is 12.3. The van der Waals surface area contributed by atoms with Crippen molar-refractivity contribution in [3.63, 3.8) is 0 Å². The van der Waals surface area contributed by atoms with Crippen LogP contribution in [-0.2, 0) is 6.54 Å². The SMILES string of the molecule is CN(Cc1cc(-c2ccc(F)cc2)ccc1O)CC(O)c1ccccc1.